The summed E-state index contributed by atoms with van der Waals surface area (Å²) in [6, 6.07) is 30.7. The molecule has 7 nitrogen and oxygen atoms in total. The van der Waals surface area contributed by atoms with Crippen molar-refractivity contribution in [3.05, 3.63) is 131 Å². The number of esters is 1. The molecule has 2 N–H and O–H groups in total. The van der Waals surface area contributed by atoms with Crippen LogP contribution in [-0.2, 0) is 4.74 Å². The molecule has 0 atom stereocenters. The van der Waals surface area contributed by atoms with Gasteiger partial charge in [0.15, 0.2) is 5.78 Å². The zero-order chi connectivity index (χ0) is 30.7. The molecule has 0 aromatic heterocycles. The SMILES string of the molecule is COC(=O)c1c(-c2ccccc2)cc(-c2ccc(C(=O)O)cc2)c(-c2cccc(C(=O)O)c2)c1-c1ccc(C(C)=O)cc1. The maximum absolute atomic E-state index is 13.7. The molecule has 5 aromatic carbocycles. The van der Waals surface area contributed by atoms with Gasteiger partial charge in [-0.1, -0.05) is 78.9 Å². The van der Waals surface area contributed by atoms with Crippen LogP contribution in [0.2, 0.25) is 0 Å². The molecule has 0 bridgehead atoms. The van der Waals surface area contributed by atoms with E-state index >= 15 is 0 Å². The van der Waals surface area contributed by atoms with E-state index in [1.54, 1.807) is 48.5 Å². The van der Waals surface area contributed by atoms with Crippen molar-refractivity contribution < 1.29 is 34.1 Å². The minimum atomic E-state index is -1.12. The van der Waals surface area contributed by atoms with Crippen LogP contribution in [0.3, 0.4) is 0 Å². The number of hydrogen-bond acceptors (Lipinski definition) is 5. The van der Waals surface area contributed by atoms with Crippen LogP contribution in [-0.4, -0.2) is 41.0 Å². The summed E-state index contributed by atoms with van der Waals surface area (Å²) in [5.74, 6) is -2.91. The van der Waals surface area contributed by atoms with Crippen LogP contribution >= 0.6 is 0 Å². The second-order valence-electron chi connectivity index (χ2n) is 9.86. The lowest BCUT2D eigenvalue weighted by Gasteiger charge is -2.23. The molecule has 0 spiro atoms. The van der Waals surface area contributed by atoms with E-state index in [1.807, 2.05) is 36.4 Å². The Morgan fingerprint density at radius 2 is 1.09 bits per heavy atom. The molecule has 0 unspecified atom stereocenters. The maximum atomic E-state index is 13.7. The molecule has 5 rings (SSSR count). The van der Waals surface area contributed by atoms with Crippen LogP contribution in [0.25, 0.3) is 44.5 Å². The molecule has 0 aliphatic carbocycles. The van der Waals surface area contributed by atoms with Gasteiger partial charge in [0.05, 0.1) is 23.8 Å². The molecule has 5 aromatic rings. The Labute approximate surface area is 247 Å². The molecule has 0 radical (unpaired) electrons. The number of rotatable bonds is 8. The highest BCUT2D eigenvalue weighted by atomic mass is 16.5. The number of carboxylic acid groups (broad SMARTS) is 2. The fourth-order valence-corrected chi connectivity index (χ4v) is 5.13. The number of methoxy groups -OCH3 is 1. The van der Waals surface area contributed by atoms with E-state index in [-0.39, 0.29) is 22.5 Å². The van der Waals surface area contributed by atoms with Crippen molar-refractivity contribution in [1.82, 2.24) is 0 Å². The van der Waals surface area contributed by atoms with Gasteiger partial charge in [0.25, 0.3) is 0 Å². The molecular formula is C36H26O7. The fraction of sp³-hybridized carbons (Fsp3) is 0.0556. The third-order valence-corrected chi connectivity index (χ3v) is 7.22. The summed E-state index contributed by atoms with van der Waals surface area (Å²) in [6.45, 7) is 1.46. The third kappa shape index (κ3) is 5.69. The van der Waals surface area contributed by atoms with Crippen molar-refractivity contribution in [3.8, 4) is 44.5 Å². The Bertz CT molecular complexity index is 1870. The molecule has 0 saturated carbocycles. The lowest BCUT2D eigenvalue weighted by molar-refractivity contribution is 0.0600. The molecule has 0 fully saturated rings. The van der Waals surface area contributed by atoms with E-state index in [1.165, 1.54) is 38.3 Å². The van der Waals surface area contributed by atoms with Crippen LogP contribution in [0.4, 0.5) is 0 Å². The highest BCUT2D eigenvalue weighted by molar-refractivity contribution is 6.12. The van der Waals surface area contributed by atoms with E-state index in [4.69, 9.17) is 4.74 Å². The van der Waals surface area contributed by atoms with Gasteiger partial charge < -0.3 is 14.9 Å². The van der Waals surface area contributed by atoms with E-state index in [0.29, 0.717) is 44.5 Å². The van der Waals surface area contributed by atoms with Gasteiger partial charge in [0.2, 0.25) is 0 Å². The fourth-order valence-electron chi connectivity index (χ4n) is 5.13. The minimum Gasteiger partial charge on any atom is -0.478 e. The standard InChI is InChI=1S/C36H26O7/c1-21(37)22-11-15-25(16-12-22)32-31(27-9-6-10-28(19-27)35(40)41)29(24-13-17-26(18-14-24)34(38)39)20-30(33(32)36(42)43-2)23-7-4-3-5-8-23/h3-20H,1-2H3,(H,38,39)(H,40,41). The normalized spacial score (nSPS) is 10.7. The van der Waals surface area contributed by atoms with Gasteiger partial charge in [-0.15, -0.1) is 0 Å². The van der Waals surface area contributed by atoms with Gasteiger partial charge >= 0.3 is 17.9 Å². The number of carboxylic acids is 2. The van der Waals surface area contributed by atoms with Crippen molar-refractivity contribution in [2.75, 3.05) is 7.11 Å². The monoisotopic (exact) mass is 570 g/mol. The summed E-state index contributed by atoms with van der Waals surface area (Å²) in [5, 5.41) is 19.3. The Morgan fingerprint density at radius 3 is 1.67 bits per heavy atom. The summed E-state index contributed by atoms with van der Waals surface area (Å²) >= 11 is 0. The lowest BCUT2D eigenvalue weighted by atomic mass is 9.80. The molecular weight excluding hydrogens is 544 g/mol. The highest BCUT2D eigenvalue weighted by Gasteiger charge is 2.27. The van der Waals surface area contributed by atoms with Gasteiger partial charge in [0, 0.05) is 11.1 Å². The van der Waals surface area contributed by atoms with E-state index in [9.17, 15) is 29.4 Å². The molecule has 0 aliphatic heterocycles. The predicted octanol–water partition coefficient (Wildman–Crippen LogP) is 7.74. The van der Waals surface area contributed by atoms with Crippen LogP contribution in [0.5, 0.6) is 0 Å². The van der Waals surface area contributed by atoms with Gasteiger partial charge in [-0.25, -0.2) is 14.4 Å². The summed E-state index contributed by atoms with van der Waals surface area (Å²) in [7, 11) is 1.29. The van der Waals surface area contributed by atoms with Gasteiger partial charge in [-0.05, 0) is 76.2 Å². The van der Waals surface area contributed by atoms with E-state index in [2.05, 4.69) is 0 Å². The number of Topliss-reactive ketones (excluding diaryl/α,β-unsaturated/α-hetero) is 1. The van der Waals surface area contributed by atoms with Crippen LogP contribution in [0, 0.1) is 0 Å². The summed E-state index contributed by atoms with van der Waals surface area (Å²) < 4.78 is 5.31. The molecule has 0 heterocycles. The second kappa shape index (κ2) is 12.0. The topological polar surface area (TPSA) is 118 Å². The van der Waals surface area contributed by atoms with Crippen molar-refractivity contribution >= 4 is 23.7 Å². The van der Waals surface area contributed by atoms with E-state index < -0.39 is 17.9 Å². The Kier molecular flexibility index (Phi) is 7.98. The minimum absolute atomic E-state index is 0.0503. The van der Waals surface area contributed by atoms with Gasteiger partial charge in [0.1, 0.15) is 0 Å². The van der Waals surface area contributed by atoms with Gasteiger partial charge in [-0.3, -0.25) is 4.79 Å². The first-order valence-electron chi connectivity index (χ1n) is 13.3. The molecule has 0 saturated heterocycles. The predicted molar refractivity (Wildman–Crippen MR) is 163 cm³/mol. The van der Waals surface area contributed by atoms with Crippen molar-refractivity contribution in [1.29, 1.82) is 0 Å². The number of benzene rings is 5. The first-order chi connectivity index (χ1) is 20.7. The van der Waals surface area contributed by atoms with Crippen molar-refractivity contribution in [2.24, 2.45) is 0 Å². The summed E-state index contributed by atoms with van der Waals surface area (Å²) in [6.07, 6.45) is 0. The van der Waals surface area contributed by atoms with Crippen molar-refractivity contribution in [2.45, 2.75) is 6.92 Å². The van der Waals surface area contributed by atoms with Crippen LogP contribution in [0.15, 0.2) is 109 Å². The summed E-state index contributed by atoms with van der Waals surface area (Å²) in [5.41, 5.74) is 5.62. The molecule has 7 heteroatoms. The van der Waals surface area contributed by atoms with Gasteiger partial charge in [-0.2, -0.15) is 0 Å². The zero-order valence-corrected chi connectivity index (χ0v) is 23.3. The highest BCUT2D eigenvalue weighted by Crippen LogP contribution is 2.47. The quantitative estimate of drug-likeness (QED) is 0.145. The number of hydrogen-bond donors (Lipinski definition) is 2. The lowest BCUT2D eigenvalue weighted by Crippen LogP contribution is -2.09. The largest absolute Gasteiger partial charge is 0.478 e. The molecule has 0 amide bonds. The summed E-state index contributed by atoms with van der Waals surface area (Å²) in [4.78, 5) is 49.4. The number of aromatic carboxylic acids is 2. The Balaban J connectivity index is 1.99. The third-order valence-electron chi connectivity index (χ3n) is 7.22. The average molecular weight is 571 g/mol. The van der Waals surface area contributed by atoms with Crippen molar-refractivity contribution in [3.63, 3.8) is 0 Å². The Morgan fingerprint density at radius 1 is 0.535 bits per heavy atom. The number of ketones is 1. The average Bonchev–Trinajstić information content (AvgIpc) is 3.04. The second-order valence-corrected chi connectivity index (χ2v) is 9.86. The number of ether oxygens (including phenoxy) is 1. The maximum Gasteiger partial charge on any atom is 0.339 e. The molecule has 43 heavy (non-hydrogen) atoms. The number of carbonyl (C=O) groups is 4. The smallest absolute Gasteiger partial charge is 0.339 e. The van der Waals surface area contributed by atoms with Crippen LogP contribution < -0.4 is 0 Å². The zero-order valence-electron chi connectivity index (χ0n) is 23.3. The Hall–Kier alpha value is -5.82. The van der Waals surface area contributed by atoms with Crippen LogP contribution in [0.1, 0.15) is 48.4 Å². The molecule has 0 aliphatic rings. The first-order valence-corrected chi connectivity index (χ1v) is 13.3. The first kappa shape index (κ1) is 28.7. The molecule has 212 valence electrons. The number of carbonyl (C=O) groups excluding carboxylic acids is 2. The van der Waals surface area contributed by atoms with E-state index in [0.717, 1.165) is 5.56 Å².